The first kappa shape index (κ1) is 12.9. The van der Waals surface area contributed by atoms with Gasteiger partial charge < -0.3 is 10.1 Å². The smallest absolute Gasteiger partial charge is 0.0599 e. The van der Waals surface area contributed by atoms with Crippen LogP contribution < -0.4 is 5.32 Å². The van der Waals surface area contributed by atoms with Gasteiger partial charge in [-0.2, -0.15) is 0 Å². The SMILES string of the molecule is CCOC1CCN(Cc2cccc3c2NCC3)CC1. The zero-order chi connectivity index (χ0) is 13.1. The molecule has 1 N–H and O–H groups in total. The number of nitrogens with one attached hydrogen (secondary N) is 1. The average Bonchev–Trinajstić information content (AvgIpc) is 2.91. The van der Waals surface area contributed by atoms with Gasteiger partial charge in [0.1, 0.15) is 0 Å². The van der Waals surface area contributed by atoms with E-state index < -0.39 is 0 Å². The highest BCUT2D eigenvalue weighted by Gasteiger charge is 2.21. The lowest BCUT2D eigenvalue weighted by atomic mass is 10.0. The first-order valence-electron chi connectivity index (χ1n) is 7.55. The van der Waals surface area contributed by atoms with Crippen molar-refractivity contribution in [1.82, 2.24) is 4.90 Å². The van der Waals surface area contributed by atoms with E-state index in [2.05, 4.69) is 35.3 Å². The van der Waals surface area contributed by atoms with Crippen LogP contribution in [-0.4, -0.2) is 37.2 Å². The number of fused-ring (bicyclic) bond motifs is 1. The van der Waals surface area contributed by atoms with Crippen molar-refractivity contribution in [3.05, 3.63) is 29.3 Å². The minimum absolute atomic E-state index is 0.487. The quantitative estimate of drug-likeness (QED) is 0.900. The summed E-state index contributed by atoms with van der Waals surface area (Å²) in [4.78, 5) is 2.56. The summed E-state index contributed by atoms with van der Waals surface area (Å²) in [6.45, 7) is 7.43. The van der Waals surface area contributed by atoms with Crippen LogP contribution in [0.15, 0.2) is 18.2 Å². The highest BCUT2D eigenvalue weighted by Crippen LogP contribution is 2.28. The molecule has 0 aliphatic carbocycles. The maximum Gasteiger partial charge on any atom is 0.0599 e. The van der Waals surface area contributed by atoms with Gasteiger partial charge in [-0.25, -0.2) is 0 Å². The fourth-order valence-electron chi connectivity index (χ4n) is 3.25. The molecule has 0 bridgehead atoms. The van der Waals surface area contributed by atoms with Crippen LogP contribution >= 0.6 is 0 Å². The van der Waals surface area contributed by atoms with E-state index in [4.69, 9.17) is 4.74 Å². The first-order chi connectivity index (χ1) is 9.36. The Balaban J connectivity index is 1.60. The molecule has 1 aromatic rings. The van der Waals surface area contributed by atoms with E-state index in [-0.39, 0.29) is 0 Å². The van der Waals surface area contributed by atoms with Gasteiger partial charge in [0, 0.05) is 38.5 Å². The summed E-state index contributed by atoms with van der Waals surface area (Å²) in [7, 11) is 0. The van der Waals surface area contributed by atoms with Gasteiger partial charge >= 0.3 is 0 Å². The van der Waals surface area contributed by atoms with Crippen molar-refractivity contribution >= 4 is 5.69 Å². The van der Waals surface area contributed by atoms with Gasteiger partial charge in [0.2, 0.25) is 0 Å². The first-order valence-corrected chi connectivity index (χ1v) is 7.55. The standard InChI is InChI=1S/C16H24N2O/c1-2-19-15-7-10-18(11-8-15)12-14-5-3-4-13-6-9-17-16(13)14/h3-5,15,17H,2,6-12H2,1H3. The molecule has 0 atom stereocenters. The Morgan fingerprint density at radius 3 is 2.95 bits per heavy atom. The van der Waals surface area contributed by atoms with Crippen LogP contribution in [0, 0.1) is 0 Å². The van der Waals surface area contributed by atoms with E-state index in [0.717, 1.165) is 32.8 Å². The fraction of sp³-hybridized carbons (Fsp3) is 0.625. The average molecular weight is 260 g/mol. The van der Waals surface area contributed by atoms with Crippen molar-refractivity contribution in [3.8, 4) is 0 Å². The van der Waals surface area contributed by atoms with Crippen molar-refractivity contribution in [1.29, 1.82) is 0 Å². The van der Waals surface area contributed by atoms with Gasteiger partial charge in [0.25, 0.3) is 0 Å². The Bertz CT molecular complexity index is 425. The predicted molar refractivity (Wildman–Crippen MR) is 78.6 cm³/mol. The van der Waals surface area contributed by atoms with Gasteiger partial charge in [-0.15, -0.1) is 0 Å². The van der Waals surface area contributed by atoms with Gasteiger partial charge in [0.05, 0.1) is 6.10 Å². The van der Waals surface area contributed by atoms with Crippen LogP contribution in [-0.2, 0) is 17.7 Å². The summed E-state index contributed by atoms with van der Waals surface area (Å²) in [5.41, 5.74) is 4.35. The molecule has 19 heavy (non-hydrogen) atoms. The van der Waals surface area contributed by atoms with Crippen LogP contribution in [0.3, 0.4) is 0 Å². The molecule has 3 rings (SSSR count). The van der Waals surface area contributed by atoms with Crippen LogP contribution in [0.1, 0.15) is 30.9 Å². The molecule has 3 nitrogen and oxygen atoms in total. The summed E-state index contributed by atoms with van der Waals surface area (Å²) in [5, 5.41) is 3.54. The molecule has 2 aliphatic heterocycles. The molecule has 0 radical (unpaired) electrons. The van der Waals surface area contributed by atoms with Crippen LogP contribution in [0.4, 0.5) is 5.69 Å². The minimum atomic E-state index is 0.487. The zero-order valence-electron chi connectivity index (χ0n) is 11.8. The van der Waals surface area contributed by atoms with Gasteiger partial charge in [-0.1, -0.05) is 18.2 Å². The lowest BCUT2D eigenvalue weighted by Crippen LogP contribution is -2.36. The summed E-state index contributed by atoms with van der Waals surface area (Å²) in [5.74, 6) is 0. The Kier molecular flexibility index (Phi) is 4.04. The predicted octanol–water partition coefficient (Wildman–Crippen LogP) is 2.66. The largest absolute Gasteiger partial charge is 0.384 e. The van der Waals surface area contributed by atoms with Crippen molar-refractivity contribution in [2.45, 2.75) is 38.8 Å². The van der Waals surface area contributed by atoms with E-state index in [9.17, 15) is 0 Å². The molecule has 2 heterocycles. The summed E-state index contributed by atoms with van der Waals surface area (Å²) in [6.07, 6.45) is 4.02. The second kappa shape index (κ2) is 5.93. The van der Waals surface area contributed by atoms with Crippen molar-refractivity contribution < 1.29 is 4.74 Å². The number of para-hydroxylation sites is 1. The third kappa shape index (κ3) is 2.93. The highest BCUT2D eigenvalue weighted by atomic mass is 16.5. The molecule has 1 aromatic carbocycles. The lowest BCUT2D eigenvalue weighted by molar-refractivity contribution is 0.0125. The number of hydrogen-bond acceptors (Lipinski definition) is 3. The van der Waals surface area contributed by atoms with Gasteiger partial charge in [0.15, 0.2) is 0 Å². The molecule has 0 unspecified atom stereocenters. The number of ether oxygens (including phenoxy) is 1. The van der Waals surface area contributed by atoms with E-state index in [1.54, 1.807) is 0 Å². The number of hydrogen-bond donors (Lipinski definition) is 1. The van der Waals surface area contributed by atoms with E-state index in [0.29, 0.717) is 6.10 Å². The third-order valence-electron chi connectivity index (χ3n) is 4.26. The van der Waals surface area contributed by atoms with Crippen LogP contribution in [0.25, 0.3) is 0 Å². The fourth-order valence-corrected chi connectivity index (χ4v) is 3.25. The van der Waals surface area contributed by atoms with Gasteiger partial charge in [-0.05, 0) is 37.3 Å². The molecule has 104 valence electrons. The van der Waals surface area contributed by atoms with Crippen molar-refractivity contribution in [3.63, 3.8) is 0 Å². The van der Waals surface area contributed by atoms with Crippen molar-refractivity contribution in [2.75, 3.05) is 31.6 Å². The zero-order valence-corrected chi connectivity index (χ0v) is 11.8. The number of anilines is 1. The number of rotatable bonds is 4. The lowest BCUT2D eigenvalue weighted by Gasteiger charge is -2.32. The minimum Gasteiger partial charge on any atom is -0.384 e. The normalized spacial score (nSPS) is 20.3. The number of likely N-dealkylation sites (tertiary alicyclic amines) is 1. The molecule has 1 fully saturated rings. The molecule has 3 heteroatoms. The number of benzene rings is 1. The number of piperidine rings is 1. The molecule has 0 amide bonds. The maximum atomic E-state index is 5.72. The molecule has 0 spiro atoms. The Morgan fingerprint density at radius 2 is 2.16 bits per heavy atom. The van der Waals surface area contributed by atoms with Crippen LogP contribution in [0.5, 0.6) is 0 Å². The summed E-state index contributed by atoms with van der Waals surface area (Å²) < 4.78 is 5.72. The Labute approximate surface area is 115 Å². The van der Waals surface area contributed by atoms with Crippen molar-refractivity contribution in [2.24, 2.45) is 0 Å². The molecule has 0 saturated carbocycles. The topological polar surface area (TPSA) is 24.5 Å². The van der Waals surface area contributed by atoms with E-state index >= 15 is 0 Å². The molecule has 0 aromatic heterocycles. The van der Waals surface area contributed by atoms with Gasteiger partial charge in [-0.3, -0.25) is 4.90 Å². The van der Waals surface area contributed by atoms with E-state index in [1.165, 1.54) is 36.1 Å². The second-order valence-corrected chi connectivity index (χ2v) is 5.56. The van der Waals surface area contributed by atoms with Crippen LogP contribution in [0.2, 0.25) is 0 Å². The summed E-state index contributed by atoms with van der Waals surface area (Å²) in [6, 6.07) is 6.72. The Morgan fingerprint density at radius 1 is 1.32 bits per heavy atom. The van der Waals surface area contributed by atoms with E-state index in [1.807, 2.05) is 0 Å². The molecular formula is C16H24N2O. The molecular weight excluding hydrogens is 236 g/mol. The second-order valence-electron chi connectivity index (χ2n) is 5.56. The third-order valence-corrected chi connectivity index (χ3v) is 4.26. The monoisotopic (exact) mass is 260 g/mol. The highest BCUT2D eigenvalue weighted by molar-refractivity contribution is 5.61. The number of nitrogens with zero attached hydrogens (tertiary/aromatic N) is 1. The summed E-state index contributed by atoms with van der Waals surface area (Å²) >= 11 is 0. The Hall–Kier alpha value is -1.06. The maximum absolute atomic E-state index is 5.72. The molecule has 2 aliphatic rings. The molecule has 1 saturated heterocycles.